The first-order valence-corrected chi connectivity index (χ1v) is 10.6. The minimum atomic E-state index is -0.229. The fraction of sp³-hybridized carbons (Fsp3) is 0.905. The second-order valence-corrected chi connectivity index (χ2v) is 7.32. The second kappa shape index (κ2) is 14.1. The highest BCUT2D eigenvalue weighted by Gasteiger charge is 2.33. The largest absolute Gasteiger partial charge is 0.458 e. The highest BCUT2D eigenvalue weighted by Crippen LogP contribution is 2.26. The molecule has 1 fully saturated rings. The normalized spacial score (nSPS) is 19.8. The van der Waals surface area contributed by atoms with Crippen LogP contribution in [0.3, 0.4) is 0 Å². The maximum atomic E-state index is 12.0. The average molecular weight is 355 g/mol. The second-order valence-electron chi connectivity index (χ2n) is 7.32. The van der Waals surface area contributed by atoms with Crippen LogP contribution in [-0.4, -0.2) is 24.1 Å². The van der Waals surface area contributed by atoms with Crippen molar-refractivity contribution in [1.29, 1.82) is 0 Å². The van der Waals surface area contributed by atoms with Crippen LogP contribution in [0.15, 0.2) is 0 Å². The molecule has 146 valence electrons. The van der Waals surface area contributed by atoms with Crippen LogP contribution in [0.25, 0.3) is 0 Å². The third kappa shape index (κ3) is 10.5. The molecule has 0 aromatic heterocycles. The van der Waals surface area contributed by atoms with E-state index < -0.39 is 0 Å². The van der Waals surface area contributed by atoms with Crippen LogP contribution in [0, 0.1) is 0 Å². The molecule has 0 spiro atoms. The van der Waals surface area contributed by atoms with E-state index in [0.29, 0.717) is 12.8 Å². The van der Waals surface area contributed by atoms with Crippen molar-refractivity contribution in [2.75, 3.05) is 0 Å². The molecule has 0 aliphatic heterocycles. The van der Waals surface area contributed by atoms with Gasteiger partial charge in [0.15, 0.2) is 0 Å². The number of unbranched alkanes of at least 4 members (excludes halogenated alkanes) is 8. The van der Waals surface area contributed by atoms with Gasteiger partial charge in [-0.15, -0.1) is 0 Å². The summed E-state index contributed by atoms with van der Waals surface area (Å²) in [5.74, 6) is -0.270. The van der Waals surface area contributed by atoms with Crippen molar-refractivity contribution >= 4 is 11.9 Å². The highest BCUT2D eigenvalue weighted by atomic mass is 16.6. The van der Waals surface area contributed by atoms with Crippen LogP contribution < -0.4 is 0 Å². The van der Waals surface area contributed by atoms with Crippen molar-refractivity contribution in [2.24, 2.45) is 0 Å². The first-order chi connectivity index (χ1) is 12.2. The van der Waals surface area contributed by atoms with E-state index in [-0.39, 0.29) is 24.1 Å². The summed E-state index contributed by atoms with van der Waals surface area (Å²) in [4.78, 5) is 23.9. The molecular formula is C21H38O4. The van der Waals surface area contributed by atoms with E-state index in [0.717, 1.165) is 44.9 Å². The lowest BCUT2D eigenvalue weighted by molar-refractivity contribution is -0.165. The molecule has 0 aromatic carbocycles. The first-order valence-electron chi connectivity index (χ1n) is 10.6. The summed E-state index contributed by atoms with van der Waals surface area (Å²) in [5, 5.41) is 0. The van der Waals surface area contributed by atoms with Crippen LogP contribution in [0.5, 0.6) is 0 Å². The number of esters is 2. The van der Waals surface area contributed by atoms with Crippen molar-refractivity contribution in [2.45, 2.75) is 122 Å². The maximum Gasteiger partial charge on any atom is 0.306 e. The Labute approximate surface area is 154 Å². The lowest BCUT2D eigenvalue weighted by Crippen LogP contribution is -2.30. The molecule has 2 unspecified atom stereocenters. The zero-order valence-electron chi connectivity index (χ0n) is 16.4. The fourth-order valence-electron chi connectivity index (χ4n) is 3.36. The van der Waals surface area contributed by atoms with E-state index in [1.165, 1.54) is 38.5 Å². The van der Waals surface area contributed by atoms with E-state index in [2.05, 4.69) is 13.8 Å². The van der Waals surface area contributed by atoms with Gasteiger partial charge in [-0.3, -0.25) is 9.59 Å². The van der Waals surface area contributed by atoms with Gasteiger partial charge >= 0.3 is 11.9 Å². The zero-order valence-corrected chi connectivity index (χ0v) is 16.4. The molecule has 0 N–H and O–H groups in total. The number of rotatable bonds is 14. The molecule has 1 saturated carbocycles. The molecular weight excluding hydrogens is 316 g/mol. The minimum Gasteiger partial charge on any atom is -0.458 e. The number of carbonyl (C=O) groups is 2. The summed E-state index contributed by atoms with van der Waals surface area (Å²) in [6.07, 6.45) is 14.3. The SMILES string of the molecule is CCCCCCCC(=O)OC1CCCC1OC(=O)CCCCCCC. The molecule has 4 heteroatoms. The van der Waals surface area contributed by atoms with Gasteiger partial charge in [0.1, 0.15) is 12.2 Å². The van der Waals surface area contributed by atoms with Gasteiger partial charge in [-0.2, -0.15) is 0 Å². The Bertz CT molecular complexity index is 333. The Morgan fingerprint density at radius 1 is 0.680 bits per heavy atom. The Hall–Kier alpha value is -1.06. The molecule has 1 aliphatic rings. The molecule has 0 heterocycles. The van der Waals surface area contributed by atoms with E-state index >= 15 is 0 Å². The van der Waals surface area contributed by atoms with Crippen molar-refractivity contribution in [3.8, 4) is 0 Å². The van der Waals surface area contributed by atoms with E-state index in [1.807, 2.05) is 0 Å². The molecule has 1 rings (SSSR count). The smallest absolute Gasteiger partial charge is 0.306 e. The van der Waals surface area contributed by atoms with Crippen LogP contribution in [-0.2, 0) is 19.1 Å². The standard InChI is InChI=1S/C21H38O4/c1-3-5-7-9-11-16-20(22)24-18-14-13-15-19(18)25-21(23)17-12-10-8-6-4-2/h18-19H,3-17H2,1-2H3. The van der Waals surface area contributed by atoms with Crippen LogP contribution in [0.2, 0.25) is 0 Å². The van der Waals surface area contributed by atoms with Gasteiger partial charge in [0, 0.05) is 12.8 Å². The predicted octanol–water partition coefficient (Wildman–Crippen LogP) is 5.71. The zero-order chi connectivity index (χ0) is 18.3. The van der Waals surface area contributed by atoms with E-state index in [1.54, 1.807) is 0 Å². The van der Waals surface area contributed by atoms with Crippen LogP contribution in [0.1, 0.15) is 110 Å². The summed E-state index contributed by atoms with van der Waals surface area (Å²) >= 11 is 0. The molecule has 0 amide bonds. The number of hydrogen-bond acceptors (Lipinski definition) is 4. The van der Waals surface area contributed by atoms with Crippen LogP contribution >= 0.6 is 0 Å². The lowest BCUT2D eigenvalue weighted by atomic mass is 10.1. The Kier molecular flexibility index (Phi) is 12.4. The summed E-state index contributed by atoms with van der Waals surface area (Å²) in [6, 6.07) is 0. The van der Waals surface area contributed by atoms with Gasteiger partial charge in [0.05, 0.1) is 0 Å². The minimum absolute atomic E-state index is 0.135. The Balaban J connectivity index is 2.17. The topological polar surface area (TPSA) is 52.6 Å². The monoisotopic (exact) mass is 354 g/mol. The highest BCUT2D eigenvalue weighted by molar-refractivity contribution is 5.70. The summed E-state index contributed by atoms with van der Waals surface area (Å²) in [7, 11) is 0. The van der Waals surface area contributed by atoms with Crippen LogP contribution in [0.4, 0.5) is 0 Å². The number of ether oxygens (including phenoxy) is 2. The summed E-state index contributed by atoms with van der Waals surface area (Å²) in [6.45, 7) is 4.36. The summed E-state index contributed by atoms with van der Waals surface area (Å²) < 4.78 is 11.1. The Morgan fingerprint density at radius 3 is 1.48 bits per heavy atom. The molecule has 4 nitrogen and oxygen atoms in total. The number of hydrogen-bond donors (Lipinski definition) is 0. The van der Waals surface area contributed by atoms with Gasteiger partial charge in [-0.05, 0) is 32.1 Å². The summed E-state index contributed by atoms with van der Waals surface area (Å²) in [5.41, 5.74) is 0. The van der Waals surface area contributed by atoms with Gasteiger partial charge in [0.2, 0.25) is 0 Å². The van der Waals surface area contributed by atoms with E-state index in [9.17, 15) is 9.59 Å². The third-order valence-electron chi connectivity index (χ3n) is 4.93. The Morgan fingerprint density at radius 2 is 1.08 bits per heavy atom. The van der Waals surface area contributed by atoms with Gasteiger partial charge in [0.25, 0.3) is 0 Å². The molecule has 2 atom stereocenters. The number of carbonyl (C=O) groups excluding carboxylic acids is 2. The van der Waals surface area contributed by atoms with Gasteiger partial charge in [-0.1, -0.05) is 65.2 Å². The average Bonchev–Trinajstić information content (AvgIpc) is 3.01. The van der Waals surface area contributed by atoms with Gasteiger partial charge < -0.3 is 9.47 Å². The molecule has 1 aliphatic carbocycles. The van der Waals surface area contributed by atoms with Crippen molar-refractivity contribution < 1.29 is 19.1 Å². The molecule has 0 bridgehead atoms. The van der Waals surface area contributed by atoms with Crippen molar-refractivity contribution in [3.63, 3.8) is 0 Å². The third-order valence-corrected chi connectivity index (χ3v) is 4.93. The predicted molar refractivity (Wildman–Crippen MR) is 100 cm³/mol. The van der Waals surface area contributed by atoms with Crippen molar-refractivity contribution in [1.82, 2.24) is 0 Å². The van der Waals surface area contributed by atoms with Gasteiger partial charge in [-0.25, -0.2) is 0 Å². The molecule has 0 aromatic rings. The van der Waals surface area contributed by atoms with E-state index in [4.69, 9.17) is 9.47 Å². The first kappa shape index (κ1) is 22.0. The molecule has 0 radical (unpaired) electrons. The molecule has 0 saturated heterocycles. The lowest BCUT2D eigenvalue weighted by Gasteiger charge is -2.20. The quantitative estimate of drug-likeness (QED) is 0.296. The maximum absolute atomic E-state index is 12.0. The van der Waals surface area contributed by atoms with Crippen molar-refractivity contribution in [3.05, 3.63) is 0 Å². The molecule has 25 heavy (non-hydrogen) atoms. The fourth-order valence-corrected chi connectivity index (χ4v) is 3.36.